The lowest BCUT2D eigenvalue weighted by Crippen LogP contribution is -2.14. The molecule has 0 spiro atoms. The summed E-state index contributed by atoms with van der Waals surface area (Å²) in [6.45, 7) is 4.14. The van der Waals surface area contributed by atoms with Crippen LogP contribution in [0.1, 0.15) is 17.0 Å². The van der Waals surface area contributed by atoms with Crippen LogP contribution in [-0.4, -0.2) is 21.9 Å². The molecule has 3 rings (SSSR count). The number of ether oxygens (including phenoxy) is 1. The van der Waals surface area contributed by atoms with Crippen molar-refractivity contribution < 1.29 is 13.9 Å². The van der Waals surface area contributed by atoms with Crippen molar-refractivity contribution in [3.05, 3.63) is 62.4 Å². The van der Waals surface area contributed by atoms with E-state index in [1.807, 2.05) is 32.0 Å². The molecule has 152 valence electrons. The number of rotatable bonds is 7. The highest BCUT2D eigenvalue weighted by Gasteiger charge is 2.13. The molecule has 0 radical (unpaired) electrons. The minimum atomic E-state index is -0.304. The molecule has 1 heterocycles. The van der Waals surface area contributed by atoms with Gasteiger partial charge in [-0.2, -0.15) is 0 Å². The first kappa shape index (κ1) is 21.8. The van der Waals surface area contributed by atoms with E-state index in [2.05, 4.69) is 15.5 Å². The number of nitrogens with one attached hydrogen (secondary N) is 1. The number of carbonyl (C=O) groups is 1. The van der Waals surface area contributed by atoms with E-state index in [1.165, 1.54) is 12.1 Å². The molecule has 1 aromatic heterocycles. The van der Waals surface area contributed by atoms with Gasteiger partial charge in [-0.15, -0.1) is 10.2 Å². The Morgan fingerprint density at radius 2 is 1.90 bits per heavy atom. The lowest BCUT2D eigenvalue weighted by molar-refractivity contribution is -0.113. The van der Waals surface area contributed by atoms with Gasteiger partial charge in [0, 0.05) is 0 Å². The van der Waals surface area contributed by atoms with E-state index in [1.54, 1.807) is 0 Å². The normalized spacial score (nSPS) is 10.8. The van der Waals surface area contributed by atoms with E-state index in [-0.39, 0.29) is 23.5 Å². The van der Waals surface area contributed by atoms with Gasteiger partial charge in [0.2, 0.25) is 5.91 Å². The van der Waals surface area contributed by atoms with Crippen molar-refractivity contribution in [2.75, 3.05) is 11.1 Å². The molecule has 0 aliphatic carbocycles. The summed E-state index contributed by atoms with van der Waals surface area (Å²) in [5.41, 5.74) is 2.57. The van der Waals surface area contributed by atoms with Gasteiger partial charge < -0.3 is 14.5 Å². The Morgan fingerprint density at radius 1 is 1.14 bits per heavy atom. The predicted octanol–water partition coefficient (Wildman–Crippen LogP) is 5.96. The smallest absolute Gasteiger partial charge is 0.277 e. The molecule has 1 amide bonds. The van der Waals surface area contributed by atoms with Crippen LogP contribution < -0.4 is 10.1 Å². The molecule has 1 N–H and O–H groups in total. The van der Waals surface area contributed by atoms with Crippen LogP contribution in [-0.2, 0) is 11.4 Å². The number of benzene rings is 2. The maximum atomic E-state index is 12.1. The van der Waals surface area contributed by atoms with Crippen LogP contribution in [0.4, 0.5) is 5.69 Å². The summed E-state index contributed by atoms with van der Waals surface area (Å²) in [4.78, 5) is 12.1. The van der Waals surface area contributed by atoms with Crippen LogP contribution in [0.15, 0.2) is 40.0 Å². The van der Waals surface area contributed by atoms with Gasteiger partial charge >= 0.3 is 0 Å². The molecule has 29 heavy (non-hydrogen) atoms. The molecule has 0 saturated heterocycles. The second kappa shape index (κ2) is 9.71. The first-order valence-electron chi connectivity index (χ1n) is 8.42. The highest BCUT2D eigenvalue weighted by molar-refractivity contribution is 7.99. The van der Waals surface area contributed by atoms with Crippen LogP contribution in [0.25, 0.3) is 0 Å². The number of aryl methyl sites for hydroxylation is 1. The van der Waals surface area contributed by atoms with Crippen LogP contribution in [0, 0.1) is 13.8 Å². The highest BCUT2D eigenvalue weighted by atomic mass is 35.5. The molecule has 0 unspecified atom stereocenters. The minimum Gasteiger partial charge on any atom is -0.484 e. The number of nitrogens with zero attached hydrogens (tertiary/aromatic N) is 2. The van der Waals surface area contributed by atoms with Crippen LogP contribution in [0.5, 0.6) is 5.75 Å². The van der Waals surface area contributed by atoms with E-state index in [9.17, 15) is 4.79 Å². The van der Waals surface area contributed by atoms with E-state index < -0.39 is 0 Å². The number of amides is 1. The Morgan fingerprint density at radius 3 is 2.69 bits per heavy atom. The Kier molecular flexibility index (Phi) is 7.29. The molecule has 10 heteroatoms. The monoisotopic (exact) mass is 471 g/mol. The molecule has 0 atom stereocenters. The molecule has 6 nitrogen and oxygen atoms in total. The number of aromatic nitrogens is 2. The van der Waals surface area contributed by atoms with Gasteiger partial charge in [-0.3, -0.25) is 4.79 Å². The zero-order chi connectivity index (χ0) is 21.0. The van der Waals surface area contributed by atoms with Crippen molar-refractivity contribution in [2.24, 2.45) is 0 Å². The second-order valence-electron chi connectivity index (χ2n) is 6.03. The second-order valence-corrected chi connectivity index (χ2v) is 8.18. The summed E-state index contributed by atoms with van der Waals surface area (Å²) in [6.07, 6.45) is 0. The van der Waals surface area contributed by atoms with Crippen molar-refractivity contribution >= 4 is 58.2 Å². The van der Waals surface area contributed by atoms with Gasteiger partial charge in [0.15, 0.2) is 6.61 Å². The van der Waals surface area contributed by atoms with E-state index in [4.69, 9.17) is 44.0 Å². The van der Waals surface area contributed by atoms with Crippen molar-refractivity contribution in [1.82, 2.24) is 10.2 Å². The SMILES string of the molecule is Cc1cccc(OCc2nnc(SCC(=O)Nc3cc(Cl)c(Cl)cc3Cl)o2)c1C. The van der Waals surface area contributed by atoms with Crippen molar-refractivity contribution in [2.45, 2.75) is 25.7 Å². The number of halogens is 3. The van der Waals surface area contributed by atoms with E-state index >= 15 is 0 Å². The summed E-state index contributed by atoms with van der Waals surface area (Å²) < 4.78 is 11.2. The quantitative estimate of drug-likeness (QED) is 0.338. The van der Waals surface area contributed by atoms with Crippen LogP contribution >= 0.6 is 46.6 Å². The van der Waals surface area contributed by atoms with Crippen molar-refractivity contribution in [1.29, 1.82) is 0 Å². The molecule has 2 aromatic carbocycles. The van der Waals surface area contributed by atoms with Crippen molar-refractivity contribution in [3.63, 3.8) is 0 Å². The Labute approximate surface area is 186 Å². The van der Waals surface area contributed by atoms with Crippen LogP contribution in [0.2, 0.25) is 15.1 Å². The molecular weight excluding hydrogens is 457 g/mol. The summed E-state index contributed by atoms with van der Waals surface area (Å²) in [6, 6.07) is 8.77. The Hall–Kier alpha value is -1.93. The fourth-order valence-electron chi connectivity index (χ4n) is 2.31. The molecule has 0 bridgehead atoms. The summed E-state index contributed by atoms with van der Waals surface area (Å²) in [5, 5.41) is 11.7. The summed E-state index contributed by atoms with van der Waals surface area (Å²) >= 11 is 19.0. The first-order chi connectivity index (χ1) is 13.8. The maximum absolute atomic E-state index is 12.1. The lowest BCUT2D eigenvalue weighted by atomic mass is 10.1. The van der Waals surface area contributed by atoms with E-state index in [0.29, 0.717) is 26.6 Å². The number of carbonyl (C=O) groups excluding carboxylic acids is 1. The van der Waals surface area contributed by atoms with Gasteiger partial charge in [-0.25, -0.2) is 0 Å². The molecule has 3 aromatic rings. The number of anilines is 1. The molecule has 0 fully saturated rings. The summed E-state index contributed by atoms with van der Waals surface area (Å²) in [5.74, 6) is 0.828. The van der Waals surface area contributed by atoms with Gasteiger partial charge in [0.25, 0.3) is 11.1 Å². The third-order valence-corrected chi connectivity index (χ3v) is 5.82. The molecular formula is C19H16Cl3N3O3S. The van der Waals surface area contributed by atoms with Gasteiger partial charge in [0.05, 0.1) is 26.5 Å². The number of thioether (sulfide) groups is 1. The number of hydrogen-bond donors (Lipinski definition) is 1. The zero-order valence-electron chi connectivity index (χ0n) is 15.5. The fraction of sp³-hybridized carbons (Fsp3) is 0.211. The average molecular weight is 473 g/mol. The standard InChI is InChI=1S/C19H16Cl3N3O3S/c1-10-4-3-5-16(11(10)2)27-8-18-24-25-19(28-18)29-9-17(26)23-15-7-13(21)12(20)6-14(15)22/h3-7H,8-9H2,1-2H3,(H,23,26). The average Bonchev–Trinajstić information content (AvgIpc) is 3.13. The molecule has 0 aliphatic rings. The Bertz CT molecular complexity index is 1040. The third-order valence-electron chi connectivity index (χ3n) is 3.97. The van der Waals surface area contributed by atoms with Gasteiger partial charge in [-0.1, -0.05) is 58.7 Å². The van der Waals surface area contributed by atoms with Crippen LogP contribution in [0.3, 0.4) is 0 Å². The van der Waals surface area contributed by atoms with Crippen molar-refractivity contribution in [3.8, 4) is 5.75 Å². The maximum Gasteiger partial charge on any atom is 0.277 e. The van der Waals surface area contributed by atoms with E-state index in [0.717, 1.165) is 28.6 Å². The third kappa shape index (κ3) is 5.79. The first-order valence-corrected chi connectivity index (χ1v) is 10.5. The van der Waals surface area contributed by atoms with Gasteiger partial charge in [0.1, 0.15) is 5.75 Å². The molecule has 0 saturated carbocycles. The summed E-state index contributed by atoms with van der Waals surface area (Å²) in [7, 11) is 0. The highest BCUT2D eigenvalue weighted by Crippen LogP contribution is 2.32. The fourth-order valence-corrected chi connectivity index (χ4v) is 3.48. The zero-order valence-corrected chi connectivity index (χ0v) is 18.5. The molecule has 0 aliphatic heterocycles. The predicted molar refractivity (Wildman–Crippen MR) is 115 cm³/mol. The topological polar surface area (TPSA) is 77.2 Å². The Balaban J connectivity index is 1.52. The largest absolute Gasteiger partial charge is 0.484 e. The van der Waals surface area contributed by atoms with Gasteiger partial charge in [-0.05, 0) is 43.2 Å². The lowest BCUT2D eigenvalue weighted by Gasteiger charge is -2.08. The number of hydrogen-bond acceptors (Lipinski definition) is 6. The minimum absolute atomic E-state index is 0.0516.